The largest absolute Gasteiger partial charge is 0.345 e. The van der Waals surface area contributed by atoms with Crippen LogP contribution < -0.4 is 4.90 Å². The standard InChI is InChI=1S/C14H12N2O3/c1-15(12-4-2-11(10-17)3-5-12)13-6-8-14(9-7-13)16(18)19/h2-10H,1H3. The molecule has 0 N–H and O–H groups in total. The van der Waals surface area contributed by atoms with Gasteiger partial charge in [0.1, 0.15) is 6.29 Å². The molecule has 2 rings (SSSR count). The number of carbonyl (C=O) groups excluding carboxylic acids is 1. The van der Waals surface area contributed by atoms with E-state index in [2.05, 4.69) is 0 Å². The number of nitro groups is 1. The summed E-state index contributed by atoms with van der Waals surface area (Å²) in [5, 5.41) is 10.6. The van der Waals surface area contributed by atoms with Crippen LogP contribution in [0.15, 0.2) is 48.5 Å². The van der Waals surface area contributed by atoms with E-state index < -0.39 is 4.92 Å². The molecule has 2 aromatic carbocycles. The predicted molar refractivity (Wildman–Crippen MR) is 73.0 cm³/mol. The van der Waals surface area contributed by atoms with Gasteiger partial charge >= 0.3 is 0 Å². The second-order valence-corrected chi connectivity index (χ2v) is 4.04. The smallest absolute Gasteiger partial charge is 0.269 e. The predicted octanol–water partition coefficient (Wildman–Crippen LogP) is 3.18. The highest BCUT2D eigenvalue weighted by Crippen LogP contribution is 2.25. The summed E-state index contributed by atoms with van der Waals surface area (Å²) in [4.78, 5) is 22.6. The third-order valence-electron chi connectivity index (χ3n) is 2.86. The second-order valence-electron chi connectivity index (χ2n) is 4.04. The van der Waals surface area contributed by atoms with Crippen molar-refractivity contribution >= 4 is 23.3 Å². The van der Waals surface area contributed by atoms with E-state index in [1.165, 1.54) is 12.1 Å². The van der Waals surface area contributed by atoms with E-state index in [0.29, 0.717) is 5.56 Å². The Morgan fingerprint density at radius 2 is 1.47 bits per heavy atom. The third kappa shape index (κ3) is 2.77. The van der Waals surface area contributed by atoms with Crippen molar-refractivity contribution in [3.05, 3.63) is 64.2 Å². The summed E-state index contributed by atoms with van der Waals surface area (Å²) in [6.45, 7) is 0. The van der Waals surface area contributed by atoms with E-state index >= 15 is 0 Å². The van der Waals surface area contributed by atoms with Crippen molar-refractivity contribution < 1.29 is 9.72 Å². The van der Waals surface area contributed by atoms with Crippen LogP contribution in [0.4, 0.5) is 17.1 Å². The summed E-state index contributed by atoms with van der Waals surface area (Å²) in [5.41, 5.74) is 2.42. The van der Waals surface area contributed by atoms with Gasteiger partial charge in [-0.15, -0.1) is 0 Å². The third-order valence-corrected chi connectivity index (χ3v) is 2.86. The number of non-ortho nitro benzene ring substituents is 1. The lowest BCUT2D eigenvalue weighted by Crippen LogP contribution is -2.09. The molecule has 0 aromatic heterocycles. The zero-order chi connectivity index (χ0) is 13.8. The van der Waals surface area contributed by atoms with Crippen LogP contribution in [0, 0.1) is 10.1 Å². The van der Waals surface area contributed by atoms with E-state index in [4.69, 9.17) is 0 Å². The molecule has 0 aliphatic carbocycles. The summed E-state index contributed by atoms with van der Waals surface area (Å²) < 4.78 is 0. The molecular weight excluding hydrogens is 244 g/mol. The quantitative estimate of drug-likeness (QED) is 0.479. The van der Waals surface area contributed by atoms with E-state index in [1.807, 2.05) is 24.1 Å². The molecule has 0 saturated carbocycles. The minimum Gasteiger partial charge on any atom is -0.345 e. The molecule has 0 spiro atoms. The number of hydrogen-bond donors (Lipinski definition) is 0. The van der Waals surface area contributed by atoms with Crippen LogP contribution in [0.1, 0.15) is 10.4 Å². The summed E-state index contributed by atoms with van der Waals surface area (Å²) in [6, 6.07) is 13.4. The van der Waals surface area contributed by atoms with Gasteiger partial charge in [0.2, 0.25) is 0 Å². The number of nitro benzene ring substituents is 1. The molecule has 0 bridgehead atoms. The topological polar surface area (TPSA) is 63.5 Å². The fourth-order valence-electron chi connectivity index (χ4n) is 1.72. The Labute approximate surface area is 110 Å². The van der Waals surface area contributed by atoms with Crippen molar-refractivity contribution in [2.45, 2.75) is 0 Å². The van der Waals surface area contributed by atoms with Gasteiger partial charge in [-0.3, -0.25) is 14.9 Å². The summed E-state index contributed by atoms with van der Waals surface area (Å²) in [6.07, 6.45) is 0.787. The number of aldehydes is 1. The molecule has 0 saturated heterocycles. The Morgan fingerprint density at radius 1 is 1.00 bits per heavy atom. The van der Waals surface area contributed by atoms with Gasteiger partial charge in [-0.2, -0.15) is 0 Å². The SMILES string of the molecule is CN(c1ccc(C=O)cc1)c1ccc([N+](=O)[O-])cc1. The number of nitrogens with zero attached hydrogens (tertiary/aromatic N) is 2. The van der Waals surface area contributed by atoms with Crippen molar-refractivity contribution in [2.75, 3.05) is 11.9 Å². The molecule has 0 unspecified atom stereocenters. The molecule has 19 heavy (non-hydrogen) atoms. The Hall–Kier alpha value is -2.69. The first-order chi connectivity index (χ1) is 9.11. The van der Waals surface area contributed by atoms with E-state index in [1.54, 1.807) is 24.3 Å². The number of hydrogen-bond acceptors (Lipinski definition) is 4. The highest BCUT2D eigenvalue weighted by atomic mass is 16.6. The molecule has 0 radical (unpaired) electrons. The molecule has 0 aliphatic heterocycles. The molecule has 0 atom stereocenters. The molecule has 5 heteroatoms. The van der Waals surface area contributed by atoms with Crippen molar-refractivity contribution in [1.82, 2.24) is 0 Å². The van der Waals surface area contributed by atoms with Gasteiger partial charge in [-0.25, -0.2) is 0 Å². The van der Waals surface area contributed by atoms with Crippen molar-refractivity contribution in [2.24, 2.45) is 0 Å². The first-order valence-electron chi connectivity index (χ1n) is 5.65. The Morgan fingerprint density at radius 3 is 1.89 bits per heavy atom. The Bertz CT molecular complexity index is 591. The fraction of sp³-hybridized carbons (Fsp3) is 0.0714. The monoisotopic (exact) mass is 256 g/mol. The maximum atomic E-state index is 10.6. The maximum Gasteiger partial charge on any atom is 0.269 e. The van der Waals surface area contributed by atoms with Crippen molar-refractivity contribution in [3.63, 3.8) is 0 Å². The van der Waals surface area contributed by atoms with Crippen LogP contribution >= 0.6 is 0 Å². The van der Waals surface area contributed by atoms with Crippen molar-refractivity contribution in [1.29, 1.82) is 0 Å². The lowest BCUT2D eigenvalue weighted by Gasteiger charge is -2.19. The molecule has 0 fully saturated rings. The highest BCUT2D eigenvalue weighted by Gasteiger charge is 2.07. The molecule has 0 aliphatic rings. The van der Waals surface area contributed by atoms with Gasteiger partial charge in [-0.1, -0.05) is 0 Å². The second kappa shape index (κ2) is 5.30. The van der Waals surface area contributed by atoms with Crippen LogP contribution in [0.3, 0.4) is 0 Å². The van der Waals surface area contributed by atoms with Gasteiger partial charge in [0.25, 0.3) is 5.69 Å². The molecule has 0 heterocycles. The van der Waals surface area contributed by atoms with E-state index in [-0.39, 0.29) is 5.69 Å². The maximum absolute atomic E-state index is 10.6. The first kappa shape index (κ1) is 12.8. The summed E-state index contributed by atoms with van der Waals surface area (Å²) >= 11 is 0. The highest BCUT2D eigenvalue weighted by molar-refractivity contribution is 5.76. The number of carbonyl (C=O) groups is 1. The van der Waals surface area contributed by atoms with E-state index in [0.717, 1.165) is 17.7 Å². The number of rotatable bonds is 4. The lowest BCUT2D eigenvalue weighted by atomic mass is 10.2. The van der Waals surface area contributed by atoms with Gasteiger partial charge in [0.05, 0.1) is 4.92 Å². The van der Waals surface area contributed by atoms with Crippen LogP contribution in [0.5, 0.6) is 0 Å². The molecule has 0 amide bonds. The van der Waals surface area contributed by atoms with Crippen LogP contribution in [0.2, 0.25) is 0 Å². The van der Waals surface area contributed by atoms with Crippen molar-refractivity contribution in [3.8, 4) is 0 Å². The normalized spacial score (nSPS) is 9.95. The molecule has 2 aromatic rings. The van der Waals surface area contributed by atoms with E-state index in [9.17, 15) is 14.9 Å². The van der Waals surface area contributed by atoms with Gasteiger partial charge in [-0.05, 0) is 36.4 Å². The average Bonchev–Trinajstić information content (AvgIpc) is 2.46. The average molecular weight is 256 g/mol. The van der Waals surface area contributed by atoms with Crippen LogP contribution in [-0.4, -0.2) is 18.3 Å². The summed E-state index contributed by atoms with van der Waals surface area (Å²) in [5.74, 6) is 0. The summed E-state index contributed by atoms with van der Waals surface area (Å²) in [7, 11) is 1.86. The Kier molecular flexibility index (Phi) is 3.56. The molecule has 5 nitrogen and oxygen atoms in total. The number of benzene rings is 2. The van der Waals surface area contributed by atoms with Gasteiger partial charge in [0.15, 0.2) is 0 Å². The lowest BCUT2D eigenvalue weighted by molar-refractivity contribution is -0.384. The number of anilines is 2. The zero-order valence-corrected chi connectivity index (χ0v) is 10.3. The first-order valence-corrected chi connectivity index (χ1v) is 5.65. The van der Waals surface area contributed by atoms with Gasteiger partial charge in [0, 0.05) is 36.1 Å². The molecule has 96 valence electrons. The van der Waals surface area contributed by atoms with Gasteiger partial charge < -0.3 is 4.90 Å². The fourth-order valence-corrected chi connectivity index (χ4v) is 1.72. The minimum absolute atomic E-state index is 0.0634. The van der Waals surface area contributed by atoms with Crippen LogP contribution in [0.25, 0.3) is 0 Å². The van der Waals surface area contributed by atoms with Crippen LogP contribution in [-0.2, 0) is 0 Å². The zero-order valence-electron chi connectivity index (χ0n) is 10.3. The minimum atomic E-state index is -0.428. The molecular formula is C14H12N2O3. The Balaban J connectivity index is 2.24.